The van der Waals surface area contributed by atoms with Crippen LogP contribution in [0.2, 0.25) is 0 Å². The highest BCUT2D eigenvalue weighted by molar-refractivity contribution is 6.27. The van der Waals surface area contributed by atoms with Gasteiger partial charge in [0.15, 0.2) is 0 Å². The lowest BCUT2D eigenvalue weighted by molar-refractivity contribution is 0.660. The maximum Gasteiger partial charge on any atom is 0.0972 e. The average Bonchev–Trinajstić information content (AvgIpc) is 1.61. The van der Waals surface area contributed by atoms with E-state index < -0.39 is 0 Å². The van der Waals surface area contributed by atoms with Crippen molar-refractivity contribution in [3.05, 3.63) is 519 Å². The van der Waals surface area contributed by atoms with Gasteiger partial charge in [-0.05, 0) is 303 Å². The molecule has 0 amide bonds. The maximum atomic E-state index is 5.44. The molecule has 0 bridgehead atoms. The van der Waals surface area contributed by atoms with Gasteiger partial charge in [-0.15, -0.1) is 0 Å². The predicted octanol–water partition coefficient (Wildman–Crippen LogP) is 38.4. The quantitative estimate of drug-likeness (QED) is 0.107. The minimum Gasteiger partial charge on any atom is -0.264 e. The van der Waals surface area contributed by atoms with E-state index in [0.29, 0.717) is 0 Å². The maximum absolute atomic E-state index is 5.44. The summed E-state index contributed by atoms with van der Waals surface area (Å²) in [5.74, 6) is 0. The highest BCUT2D eigenvalue weighted by Gasteiger charge is 2.41. The van der Waals surface area contributed by atoms with E-state index in [1.54, 1.807) is 0 Å². The van der Waals surface area contributed by atoms with Crippen LogP contribution in [0.1, 0.15) is 74.9 Å². The summed E-state index contributed by atoms with van der Waals surface area (Å²) in [5.41, 5.74) is 40.5. The fourth-order valence-electron chi connectivity index (χ4n) is 25.4. The molecule has 0 saturated heterocycles. The number of para-hydroxylation sites is 1. The van der Waals surface area contributed by atoms with Crippen molar-refractivity contribution >= 4 is 130 Å². The van der Waals surface area contributed by atoms with Gasteiger partial charge in [0.05, 0.1) is 27.9 Å². The smallest absolute Gasteiger partial charge is 0.0972 e. The molecule has 0 atom stereocenters. The first-order chi connectivity index (χ1) is 72.2. The zero-order chi connectivity index (χ0) is 98.1. The van der Waals surface area contributed by atoms with Crippen LogP contribution in [-0.2, 0) is 16.2 Å². The topological polar surface area (TPSA) is 51.6 Å². The van der Waals surface area contributed by atoms with Gasteiger partial charge in [0.25, 0.3) is 0 Å². The average molecular weight is 1870 g/mol. The van der Waals surface area contributed by atoms with Crippen LogP contribution in [0.15, 0.2) is 486 Å². The second-order valence-electron chi connectivity index (χ2n) is 41.6. The van der Waals surface area contributed by atoms with Crippen molar-refractivity contribution < 1.29 is 0 Å². The molecular formula is C143H98N4. The van der Waals surface area contributed by atoms with Gasteiger partial charge >= 0.3 is 0 Å². The molecule has 0 N–H and O–H groups in total. The predicted molar refractivity (Wildman–Crippen MR) is 622 cm³/mol. The Morgan fingerprint density at radius 2 is 0.456 bits per heavy atom. The Bertz CT molecular complexity index is 10200. The lowest BCUT2D eigenvalue weighted by Gasteiger charge is -2.23. The van der Waals surface area contributed by atoms with Gasteiger partial charge in [0.2, 0.25) is 0 Å². The highest BCUT2D eigenvalue weighted by atomic mass is 14.8. The summed E-state index contributed by atoms with van der Waals surface area (Å²) >= 11 is 0. The van der Waals surface area contributed by atoms with Gasteiger partial charge in [-0.2, -0.15) is 0 Å². The van der Waals surface area contributed by atoms with E-state index in [-0.39, 0.29) is 16.2 Å². The van der Waals surface area contributed by atoms with Crippen molar-refractivity contribution in [2.45, 2.75) is 57.8 Å². The monoisotopic (exact) mass is 1870 g/mol. The largest absolute Gasteiger partial charge is 0.264 e. The van der Waals surface area contributed by atoms with Crippen molar-refractivity contribution in [1.82, 2.24) is 19.9 Å². The van der Waals surface area contributed by atoms with Gasteiger partial charge in [-0.1, -0.05) is 442 Å². The molecule has 690 valence electrons. The first-order valence-corrected chi connectivity index (χ1v) is 51.3. The summed E-state index contributed by atoms with van der Waals surface area (Å²) in [6.45, 7) is 14.2. The summed E-state index contributed by atoms with van der Waals surface area (Å²) < 4.78 is 0. The van der Waals surface area contributed by atoms with Crippen LogP contribution in [0.5, 0.6) is 0 Å². The standard InChI is InChI=1S/C51H34N2.C48H33N.C44H31N/c1-51(2)43-18-8-7-16-40(43)47-41(17-9-19-44(47)51)46-37-14-5-6-15-38(37)48(45-27-25-33-22-21-32-13-10-28-52-49(32)50(33)53-45)39-26-24-36(30-42(39)46)35-23-20-31-11-3-4-12-34(31)29-35;1-48(2)41-19-9-8-17-38(41)46-39(18-11-20-42(46)48)45-35-15-6-7-16-36(35)47(44-27-25-31-13-5-10-21-43(31)49-44)37-26-24-34(29-40(37)45)33-23-22-30-12-3-4-14-32(30)28-33;1-44(2)39-18-8-7-16-36(39)43-37(17-9-19-40(43)44)42-34-15-6-5-14-33(34)41(32-13-10-24-45-27-32)35-23-22-31(26-38(35)42)30-21-20-28-11-3-4-12-29(28)25-30/h3-30H,1-2H3;3-29H,1-2H3;3-27H,1-2H3. The van der Waals surface area contributed by atoms with Gasteiger partial charge < -0.3 is 0 Å². The Labute approximate surface area is 854 Å². The van der Waals surface area contributed by atoms with Crippen molar-refractivity contribution in [3.63, 3.8) is 0 Å². The van der Waals surface area contributed by atoms with E-state index in [1.165, 1.54) is 242 Å². The third-order valence-corrected chi connectivity index (χ3v) is 32.4. The summed E-state index contributed by atoms with van der Waals surface area (Å²) in [4.78, 5) is 20.0. The number of hydrogen-bond donors (Lipinski definition) is 0. The zero-order valence-corrected chi connectivity index (χ0v) is 82.5. The van der Waals surface area contributed by atoms with Crippen molar-refractivity contribution in [2.24, 2.45) is 0 Å². The molecule has 0 saturated carbocycles. The Morgan fingerprint density at radius 1 is 0.163 bits per heavy atom. The molecule has 23 aromatic carbocycles. The molecule has 0 spiro atoms. The van der Waals surface area contributed by atoms with Crippen molar-refractivity contribution in [3.8, 4) is 134 Å². The lowest BCUT2D eigenvalue weighted by atomic mass is 9.80. The third kappa shape index (κ3) is 13.9. The number of rotatable bonds is 9. The fourth-order valence-corrected chi connectivity index (χ4v) is 25.4. The van der Waals surface area contributed by atoms with Gasteiger partial charge in [-0.3, -0.25) is 9.97 Å². The number of benzene rings is 23. The number of nitrogens with zero attached hydrogens (tertiary/aromatic N) is 4. The Morgan fingerprint density at radius 3 is 0.878 bits per heavy atom. The van der Waals surface area contributed by atoms with Crippen LogP contribution >= 0.6 is 0 Å². The van der Waals surface area contributed by atoms with E-state index in [2.05, 4.69) is 502 Å². The van der Waals surface area contributed by atoms with Crippen LogP contribution in [0, 0.1) is 0 Å². The van der Waals surface area contributed by atoms with Crippen LogP contribution in [-0.4, -0.2) is 19.9 Å². The van der Waals surface area contributed by atoms with Gasteiger partial charge in [0, 0.05) is 67.7 Å². The summed E-state index contributed by atoms with van der Waals surface area (Å²) in [6, 6.07) is 172. The molecule has 0 unspecified atom stereocenters. The SMILES string of the molecule is CC1(C)c2ccccc2-c2c(-c3c4ccccc4c(-c4ccc5ccc6cccnc6c5n4)c4ccc(-c5ccc6ccccc6c5)cc34)cccc21.CC1(C)c2ccccc2-c2c(-c3c4ccccc4c(-c4ccc5ccccc5n4)c4ccc(-c5ccc6ccccc6c5)cc34)cccc21.CC1(C)c2ccccc2-c2c(-c3c4ccccc4c(-c4cccnc4)c4ccc(-c5ccc6ccccc6c5)cc34)cccc21. The van der Waals surface area contributed by atoms with E-state index in [4.69, 9.17) is 15.0 Å². The number of hydrogen-bond acceptors (Lipinski definition) is 4. The second kappa shape index (κ2) is 34.0. The molecule has 4 nitrogen and oxygen atoms in total. The van der Waals surface area contributed by atoms with Gasteiger partial charge in [-0.25, -0.2) is 9.97 Å². The Hall–Kier alpha value is -18.2. The molecule has 3 aliphatic rings. The normalized spacial score (nSPS) is 13.3. The third-order valence-electron chi connectivity index (χ3n) is 32.4. The zero-order valence-electron chi connectivity index (χ0n) is 82.5. The first-order valence-electron chi connectivity index (χ1n) is 51.3. The summed E-state index contributed by atoms with van der Waals surface area (Å²) in [5, 5.41) is 25.6. The minimum absolute atomic E-state index is 0.0700. The molecular weight excluding hydrogens is 1770 g/mol. The lowest BCUT2D eigenvalue weighted by Crippen LogP contribution is -2.14. The first kappa shape index (κ1) is 86.6. The van der Waals surface area contributed by atoms with Crippen molar-refractivity contribution in [1.29, 1.82) is 0 Å². The van der Waals surface area contributed by atoms with Crippen LogP contribution in [0.25, 0.3) is 263 Å². The number of aromatic nitrogens is 4. The van der Waals surface area contributed by atoms with E-state index in [9.17, 15) is 0 Å². The number of fused-ring (bicyclic) bond motifs is 22. The second-order valence-corrected chi connectivity index (χ2v) is 41.6. The van der Waals surface area contributed by atoms with E-state index in [0.717, 1.165) is 55.2 Å². The molecule has 4 heterocycles. The summed E-state index contributed by atoms with van der Waals surface area (Å²) in [7, 11) is 0. The molecule has 4 heteroatoms. The van der Waals surface area contributed by atoms with Crippen LogP contribution in [0.3, 0.4) is 0 Å². The van der Waals surface area contributed by atoms with Gasteiger partial charge in [0.1, 0.15) is 0 Å². The molecule has 4 aromatic heterocycles. The highest BCUT2D eigenvalue weighted by Crippen LogP contribution is 2.60. The number of pyridine rings is 4. The van der Waals surface area contributed by atoms with E-state index in [1.807, 2.05) is 30.7 Å². The molecule has 0 aliphatic heterocycles. The molecule has 27 aromatic rings. The van der Waals surface area contributed by atoms with Crippen molar-refractivity contribution in [2.75, 3.05) is 0 Å². The Kier molecular flexibility index (Phi) is 20.0. The fraction of sp³-hybridized carbons (Fsp3) is 0.0629. The molecule has 0 radical (unpaired) electrons. The van der Waals surface area contributed by atoms with Crippen LogP contribution < -0.4 is 0 Å². The molecule has 147 heavy (non-hydrogen) atoms. The van der Waals surface area contributed by atoms with E-state index >= 15 is 0 Å². The molecule has 30 rings (SSSR count). The summed E-state index contributed by atoms with van der Waals surface area (Å²) in [6.07, 6.45) is 5.71. The molecule has 0 fully saturated rings. The van der Waals surface area contributed by atoms with Crippen LogP contribution in [0.4, 0.5) is 0 Å². The molecule has 3 aliphatic carbocycles. The Balaban J connectivity index is 0.000000107. The minimum atomic E-state index is -0.102.